The summed E-state index contributed by atoms with van der Waals surface area (Å²) in [5.74, 6) is -0.457. The second-order valence-electron chi connectivity index (χ2n) is 8.64. The van der Waals surface area contributed by atoms with Crippen LogP contribution in [0, 0.1) is 17.2 Å². The number of halogens is 1. The van der Waals surface area contributed by atoms with E-state index in [2.05, 4.69) is 6.07 Å². The first-order valence-corrected chi connectivity index (χ1v) is 11.5. The highest BCUT2D eigenvalue weighted by atomic mass is 35.5. The Balaban J connectivity index is 1.71. The Bertz CT molecular complexity index is 1380. The molecule has 0 aliphatic heterocycles. The van der Waals surface area contributed by atoms with Crippen molar-refractivity contribution in [3.05, 3.63) is 86.8 Å². The zero-order valence-corrected chi connectivity index (χ0v) is 19.8. The van der Waals surface area contributed by atoms with Gasteiger partial charge in [0.05, 0.1) is 36.5 Å². The first-order chi connectivity index (χ1) is 16.8. The number of pyridine rings is 1. The van der Waals surface area contributed by atoms with Crippen LogP contribution in [0.15, 0.2) is 59.5 Å². The van der Waals surface area contributed by atoms with Gasteiger partial charge in [0.15, 0.2) is 5.78 Å². The number of aromatic nitrogens is 1. The Morgan fingerprint density at radius 2 is 1.89 bits per heavy atom. The molecule has 7 nitrogen and oxygen atoms in total. The monoisotopic (exact) mass is 490 g/mol. The molecule has 178 valence electrons. The average molecular weight is 491 g/mol. The molecule has 4 rings (SSSR count). The molecule has 0 bridgehead atoms. The summed E-state index contributed by atoms with van der Waals surface area (Å²) < 4.78 is 6.97. The van der Waals surface area contributed by atoms with Gasteiger partial charge in [-0.2, -0.15) is 5.26 Å². The van der Waals surface area contributed by atoms with Crippen LogP contribution in [0.3, 0.4) is 0 Å². The Morgan fingerprint density at radius 1 is 1.17 bits per heavy atom. The Morgan fingerprint density at radius 3 is 2.49 bits per heavy atom. The van der Waals surface area contributed by atoms with Gasteiger partial charge < -0.3 is 14.4 Å². The number of nitrogens with zero attached hydrogens (tertiary/aromatic N) is 2. The van der Waals surface area contributed by atoms with Gasteiger partial charge in [-0.3, -0.25) is 9.59 Å². The van der Waals surface area contributed by atoms with Crippen LogP contribution in [0.1, 0.15) is 46.8 Å². The lowest BCUT2D eigenvalue weighted by atomic mass is 9.97. The highest BCUT2D eigenvalue weighted by Gasteiger charge is 2.31. The molecule has 1 atom stereocenters. The van der Waals surface area contributed by atoms with Crippen molar-refractivity contribution < 1.29 is 19.4 Å². The van der Waals surface area contributed by atoms with E-state index in [1.165, 1.54) is 36.1 Å². The van der Waals surface area contributed by atoms with Crippen molar-refractivity contribution in [1.29, 1.82) is 5.26 Å². The van der Waals surface area contributed by atoms with E-state index >= 15 is 0 Å². The van der Waals surface area contributed by atoms with Gasteiger partial charge in [0.2, 0.25) is 0 Å². The van der Waals surface area contributed by atoms with Gasteiger partial charge in [-0.15, -0.1) is 0 Å². The van der Waals surface area contributed by atoms with Crippen molar-refractivity contribution in [1.82, 2.24) is 4.57 Å². The fourth-order valence-electron chi connectivity index (χ4n) is 4.14. The molecule has 1 heterocycles. The van der Waals surface area contributed by atoms with Crippen molar-refractivity contribution in [2.45, 2.75) is 31.7 Å². The first-order valence-electron chi connectivity index (χ1n) is 11.2. The van der Waals surface area contributed by atoms with Gasteiger partial charge in [0, 0.05) is 28.6 Å². The number of benzene rings is 2. The van der Waals surface area contributed by atoms with Crippen LogP contribution in [-0.2, 0) is 11.2 Å². The van der Waals surface area contributed by atoms with Gasteiger partial charge in [-0.1, -0.05) is 36.6 Å². The number of ether oxygens (including phenoxy) is 1. The molecule has 2 aromatic carbocycles. The second kappa shape index (κ2) is 10.2. The number of carbonyl (C=O) groups is 2. The van der Waals surface area contributed by atoms with Crippen LogP contribution >= 0.6 is 11.6 Å². The lowest BCUT2D eigenvalue weighted by Crippen LogP contribution is -2.31. The molecular weight excluding hydrogens is 468 g/mol. The standard InChI is InChI=1S/C27H23ClN2O5/c1-35-25-15-30(26(32)13-22(25)21-12-20(28)9-8-19(21)14-29)23(10-16-2-3-16)24(31)11-17-4-6-18(7-5-17)27(33)34/h4-9,12-13,15-16,23H,2-3,10-11H2,1H3,(H,33,34). The van der Waals surface area contributed by atoms with E-state index in [0.29, 0.717) is 45.4 Å². The van der Waals surface area contributed by atoms with Crippen LogP contribution in [0.2, 0.25) is 5.02 Å². The van der Waals surface area contributed by atoms with Gasteiger partial charge in [0.1, 0.15) is 5.75 Å². The van der Waals surface area contributed by atoms with E-state index in [4.69, 9.17) is 21.4 Å². The number of ketones is 1. The first kappa shape index (κ1) is 24.2. The van der Waals surface area contributed by atoms with Crippen molar-refractivity contribution in [2.75, 3.05) is 7.11 Å². The van der Waals surface area contributed by atoms with Crippen molar-refractivity contribution >= 4 is 23.4 Å². The number of rotatable bonds is 9. The predicted octanol–water partition coefficient (Wildman–Crippen LogP) is 4.90. The quantitative estimate of drug-likeness (QED) is 0.457. The van der Waals surface area contributed by atoms with E-state index in [-0.39, 0.29) is 23.3 Å². The number of hydrogen-bond donors (Lipinski definition) is 1. The van der Waals surface area contributed by atoms with Gasteiger partial charge in [-0.05, 0) is 48.2 Å². The minimum Gasteiger partial charge on any atom is -0.495 e. The summed E-state index contributed by atoms with van der Waals surface area (Å²) in [6.45, 7) is 0. The molecule has 3 aromatic rings. The summed E-state index contributed by atoms with van der Waals surface area (Å²) in [5, 5.41) is 19.0. The predicted molar refractivity (Wildman–Crippen MR) is 131 cm³/mol. The lowest BCUT2D eigenvalue weighted by Gasteiger charge is -2.21. The molecule has 1 fully saturated rings. The molecule has 1 aliphatic rings. The molecule has 0 radical (unpaired) electrons. The van der Waals surface area contributed by atoms with Crippen LogP contribution in [0.25, 0.3) is 11.1 Å². The van der Waals surface area contributed by atoms with Crippen molar-refractivity contribution in [3.63, 3.8) is 0 Å². The van der Waals surface area contributed by atoms with Crippen LogP contribution in [0.5, 0.6) is 5.75 Å². The maximum atomic E-state index is 13.4. The zero-order chi connectivity index (χ0) is 25.1. The highest BCUT2D eigenvalue weighted by Crippen LogP contribution is 2.38. The third kappa shape index (κ3) is 5.44. The minimum atomic E-state index is -1.03. The zero-order valence-electron chi connectivity index (χ0n) is 19.0. The van der Waals surface area contributed by atoms with Crippen LogP contribution in [0.4, 0.5) is 0 Å². The largest absolute Gasteiger partial charge is 0.495 e. The molecule has 8 heteroatoms. The van der Waals surface area contributed by atoms with E-state index in [1.807, 2.05) is 0 Å². The highest BCUT2D eigenvalue weighted by molar-refractivity contribution is 6.31. The van der Waals surface area contributed by atoms with Gasteiger partial charge >= 0.3 is 5.97 Å². The van der Waals surface area contributed by atoms with E-state index in [1.54, 1.807) is 30.3 Å². The number of aromatic carboxylic acids is 1. The Labute approximate surface area is 207 Å². The van der Waals surface area contributed by atoms with Crippen LogP contribution in [-0.4, -0.2) is 28.5 Å². The van der Waals surface area contributed by atoms with Gasteiger partial charge in [-0.25, -0.2) is 4.79 Å². The molecular formula is C27H23ClN2O5. The number of nitriles is 1. The summed E-state index contributed by atoms with van der Waals surface area (Å²) in [6.07, 6.45) is 4.15. The molecule has 1 unspecified atom stereocenters. The summed E-state index contributed by atoms with van der Waals surface area (Å²) in [5.41, 5.74) is 1.68. The number of hydrogen-bond acceptors (Lipinski definition) is 5. The normalized spacial score (nSPS) is 13.6. The fraction of sp³-hybridized carbons (Fsp3) is 0.259. The molecule has 0 saturated heterocycles. The number of methoxy groups -OCH3 is 1. The number of carboxylic acids is 1. The van der Waals surface area contributed by atoms with Crippen LogP contribution < -0.4 is 10.3 Å². The molecule has 1 N–H and O–H groups in total. The van der Waals surface area contributed by atoms with E-state index in [0.717, 1.165) is 12.8 Å². The summed E-state index contributed by atoms with van der Waals surface area (Å²) >= 11 is 6.14. The number of carbonyl (C=O) groups excluding carboxylic acids is 1. The smallest absolute Gasteiger partial charge is 0.335 e. The molecule has 0 spiro atoms. The fourth-order valence-corrected chi connectivity index (χ4v) is 4.31. The maximum absolute atomic E-state index is 13.4. The molecule has 1 aliphatic carbocycles. The maximum Gasteiger partial charge on any atom is 0.335 e. The third-order valence-corrected chi connectivity index (χ3v) is 6.43. The number of Topliss-reactive ketones (excluding diaryl/α,β-unsaturated/α-hetero) is 1. The summed E-state index contributed by atoms with van der Waals surface area (Å²) in [4.78, 5) is 37.7. The van der Waals surface area contributed by atoms with Gasteiger partial charge in [0.25, 0.3) is 5.56 Å². The second-order valence-corrected chi connectivity index (χ2v) is 9.08. The SMILES string of the molecule is COc1cn(C(CC2CC2)C(=O)Cc2ccc(C(=O)O)cc2)c(=O)cc1-c1cc(Cl)ccc1C#N. The van der Waals surface area contributed by atoms with Crippen molar-refractivity contribution in [2.24, 2.45) is 5.92 Å². The summed E-state index contributed by atoms with van der Waals surface area (Å²) in [7, 11) is 1.46. The molecule has 0 amide bonds. The Kier molecular flexibility index (Phi) is 7.04. The molecule has 35 heavy (non-hydrogen) atoms. The molecule has 1 aromatic heterocycles. The third-order valence-electron chi connectivity index (χ3n) is 6.20. The van der Waals surface area contributed by atoms with E-state index < -0.39 is 12.0 Å². The number of carboxylic acid groups (broad SMARTS) is 1. The topological polar surface area (TPSA) is 109 Å². The summed E-state index contributed by atoms with van der Waals surface area (Å²) in [6, 6.07) is 13.7. The molecule has 1 saturated carbocycles. The van der Waals surface area contributed by atoms with E-state index in [9.17, 15) is 19.6 Å². The Hall–Kier alpha value is -3.89. The minimum absolute atomic E-state index is 0.0701. The average Bonchev–Trinajstić information content (AvgIpc) is 3.67. The van der Waals surface area contributed by atoms with Crippen molar-refractivity contribution in [3.8, 4) is 22.9 Å². The lowest BCUT2D eigenvalue weighted by molar-refractivity contribution is -0.122.